The van der Waals surface area contributed by atoms with E-state index in [4.69, 9.17) is 4.74 Å². The third-order valence-electron chi connectivity index (χ3n) is 9.72. The SMILES string of the molecule is C=CCN1CC[C@]23c4c5ccc(O)c4OC2C(N(C)C(=O)c2ccc4ccccc4c2)CC[C@@]3(O)[C@H]1C5. The molecule has 2 fully saturated rings. The number of phenols is 1. The van der Waals surface area contributed by atoms with E-state index in [0.717, 1.165) is 35.0 Å². The van der Waals surface area contributed by atoms with Crippen molar-refractivity contribution in [2.45, 2.75) is 54.9 Å². The van der Waals surface area contributed by atoms with Gasteiger partial charge in [-0.05, 0) is 66.8 Å². The van der Waals surface area contributed by atoms with E-state index in [-0.39, 0.29) is 23.7 Å². The third-order valence-corrected chi connectivity index (χ3v) is 9.72. The maximum atomic E-state index is 13.8. The number of amides is 1. The van der Waals surface area contributed by atoms with E-state index in [1.54, 1.807) is 6.07 Å². The lowest BCUT2D eigenvalue weighted by molar-refractivity contribution is -0.195. The van der Waals surface area contributed by atoms with Gasteiger partial charge in [-0.15, -0.1) is 6.58 Å². The molecule has 2 N–H and O–H groups in total. The molecule has 2 aliphatic heterocycles. The molecule has 2 unspecified atom stereocenters. The number of hydrogen-bond acceptors (Lipinski definition) is 5. The zero-order valence-electron chi connectivity index (χ0n) is 21.1. The van der Waals surface area contributed by atoms with Gasteiger partial charge in [0.25, 0.3) is 5.91 Å². The molecule has 5 atom stereocenters. The molecule has 6 nitrogen and oxygen atoms in total. The van der Waals surface area contributed by atoms with E-state index in [9.17, 15) is 15.0 Å². The minimum atomic E-state index is -1.01. The van der Waals surface area contributed by atoms with Crippen molar-refractivity contribution in [2.75, 3.05) is 20.1 Å². The Morgan fingerprint density at radius 1 is 1.19 bits per heavy atom. The number of piperidine rings is 1. The van der Waals surface area contributed by atoms with Gasteiger partial charge in [0.2, 0.25) is 0 Å². The van der Waals surface area contributed by atoms with Gasteiger partial charge in [-0.2, -0.15) is 0 Å². The Labute approximate surface area is 216 Å². The molecule has 2 heterocycles. The maximum Gasteiger partial charge on any atom is 0.253 e. The smallest absolute Gasteiger partial charge is 0.253 e. The third kappa shape index (κ3) is 2.85. The molecule has 0 radical (unpaired) electrons. The molecule has 37 heavy (non-hydrogen) atoms. The first-order chi connectivity index (χ1) is 17.9. The zero-order valence-corrected chi connectivity index (χ0v) is 21.1. The van der Waals surface area contributed by atoms with Crippen molar-refractivity contribution in [3.8, 4) is 11.5 Å². The van der Waals surface area contributed by atoms with Crippen LogP contribution in [0, 0.1) is 0 Å². The van der Waals surface area contributed by atoms with E-state index >= 15 is 0 Å². The number of aromatic hydroxyl groups is 1. The quantitative estimate of drug-likeness (QED) is 0.534. The molecule has 2 aliphatic carbocycles. The summed E-state index contributed by atoms with van der Waals surface area (Å²) in [4.78, 5) is 18.0. The van der Waals surface area contributed by atoms with Gasteiger partial charge in [0.1, 0.15) is 6.10 Å². The lowest BCUT2D eigenvalue weighted by atomic mass is 9.48. The topological polar surface area (TPSA) is 73.2 Å². The molecule has 1 amide bonds. The first-order valence-corrected chi connectivity index (χ1v) is 13.2. The number of likely N-dealkylation sites (tertiary alicyclic amines) is 1. The second-order valence-corrected chi connectivity index (χ2v) is 11.2. The number of hydrogen-bond donors (Lipinski definition) is 2. The van der Waals surface area contributed by atoms with Crippen LogP contribution in [-0.4, -0.2) is 69.8 Å². The summed E-state index contributed by atoms with van der Waals surface area (Å²) in [6.07, 6.45) is 4.08. The van der Waals surface area contributed by atoms with Crippen LogP contribution in [0.1, 0.15) is 40.7 Å². The number of carbonyl (C=O) groups is 1. The molecule has 3 aromatic carbocycles. The largest absolute Gasteiger partial charge is 0.504 e. The minimum absolute atomic E-state index is 0.0574. The summed E-state index contributed by atoms with van der Waals surface area (Å²) in [5, 5.41) is 25.5. The second-order valence-electron chi connectivity index (χ2n) is 11.2. The normalized spacial score (nSPS) is 31.5. The van der Waals surface area contributed by atoms with Gasteiger partial charge < -0.3 is 19.8 Å². The summed E-state index contributed by atoms with van der Waals surface area (Å²) in [7, 11) is 1.85. The Morgan fingerprint density at radius 2 is 2.00 bits per heavy atom. The van der Waals surface area contributed by atoms with Crippen LogP contribution in [0.25, 0.3) is 10.8 Å². The van der Waals surface area contributed by atoms with Crippen molar-refractivity contribution in [1.82, 2.24) is 9.80 Å². The standard InChI is InChI=1S/C31H32N2O4/c1-3-15-33-16-14-30-26-21-10-11-24(34)27(26)37-28(30)23(12-13-31(30,36)25(33)18-21)32(2)29(35)22-9-8-19-6-4-5-7-20(19)17-22/h3-11,17,23,25,28,34,36H,1,12-16,18H2,2H3/t23?,25-,28?,30+,31-/m1/s1. The molecule has 2 bridgehead atoms. The van der Waals surface area contributed by atoms with Gasteiger partial charge in [-0.25, -0.2) is 0 Å². The van der Waals surface area contributed by atoms with Gasteiger partial charge in [-0.1, -0.05) is 42.5 Å². The van der Waals surface area contributed by atoms with Crippen LogP contribution >= 0.6 is 0 Å². The fourth-order valence-electron chi connectivity index (χ4n) is 8.06. The number of benzene rings is 3. The highest BCUT2D eigenvalue weighted by atomic mass is 16.5. The molecule has 0 aromatic heterocycles. The van der Waals surface area contributed by atoms with Crippen LogP contribution in [0.2, 0.25) is 0 Å². The lowest BCUT2D eigenvalue weighted by Gasteiger charge is -2.64. The summed E-state index contributed by atoms with van der Waals surface area (Å²) in [6.45, 7) is 5.47. The molecule has 190 valence electrons. The predicted molar refractivity (Wildman–Crippen MR) is 142 cm³/mol. The van der Waals surface area contributed by atoms with Crippen LogP contribution < -0.4 is 4.74 Å². The van der Waals surface area contributed by atoms with Gasteiger partial charge in [0.05, 0.1) is 17.1 Å². The Bertz CT molecular complexity index is 1450. The van der Waals surface area contributed by atoms with E-state index in [0.29, 0.717) is 37.0 Å². The molecular weight excluding hydrogens is 464 g/mol. The average Bonchev–Trinajstić information content (AvgIpc) is 3.26. The molecular formula is C31H32N2O4. The first kappa shape index (κ1) is 22.8. The minimum Gasteiger partial charge on any atom is -0.504 e. The van der Waals surface area contributed by atoms with Crippen LogP contribution in [-0.2, 0) is 11.8 Å². The van der Waals surface area contributed by atoms with Crippen molar-refractivity contribution in [3.05, 3.63) is 83.9 Å². The fraction of sp³-hybridized carbons (Fsp3) is 0.387. The number of fused-ring (bicyclic) bond motifs is 1. The fourth-order valence-corrected chi connectivity index (χ4v) is 8.06. The van der Waals surface area contributed by atoms with Gasteiger partial charge in [0, 0.05) is 30.8 Å². The molecule has 4 aliphatic rings. The molecule has 1 saturated heterocycles. The number of rotatable bonds is 4. The number of phenolic OH excluding ortho intramolecular Hbond substituents is 1. The Morgan fingerprint density at radius 3 is 2.81 bits per heavy atom. The summed E-state index contributed by atoms with van der Waals surface area (Å²) in [5.41, 5.74) is 1.06. The Hall–Kier alpha value is -3.35. The molecule has 3 aromatic rings. The van der Waals surface area contributed by atoms with Crippen molar-refractivity contribution in [2.24, 2.45) is 0 Å². The second kappa shape index (κ2) is 7.83. The zero-order chi connectivity index (χ0) is 25.5. The van der Waals surface area contributed by atoms with E-state index in [1.165, 1.54) is 0 Å². The van der Waals surface area contributed by atoms with Gasteiger partial charge in [0.15, 0.2) is 11.5 Å². The van der Waals surface area contributed by atoms with Crippen LogP contribution in [0.4, 0.5) is 0 Å². The lowest BCUT2D eigenvalue weighted by Crippen LogP contribution is -2.78. The predicted octanol–water partition coefficient (Wildman–Crippen LogP) is 4.03. The van der Waals surface area contributed by atoms with Gasteiger partial charge >= 0.3 is 0 Å². The summed E-state index contributed by atoms with van der Waals surface area (Å²) in [5.74, 6) is 0.548. The Balaban J connectivity index is 1.31. The summed E-state index contributed by atoms with van der Waals surface area (Å²) in [6, 6.07) is 17.3. The highest BCUT2D eigenvalue weighted by Crippen LogP contribution is 2.65. The molecule has 7 rings (SSSR count). The van der Waals surface area contributed by atoms with Crippen molar-refractivity contribution in [1.29, 1.82) is 0 Å². The number of carbonyl (C=O) groups excluding carboxylic acids is 1. The number of ether oxygens (including phenoxy) is 1. The van der Waals surface area contributed by atoms with Crippen LogP contribution in [0.3, 0.4) is 0 Å². The van der Waals surface area contributed by atoms with Gasteiger partial charge in [-0.3, -0.25) is 9.69 Å². The molecule has 6 heteroatoms. The average molecular weight is 497 g/mol. The van der Waals surface area contributed by atoms with Crippen molar-refractivity contribution in [3.63, 3.8) is 0 Å². The van der Waals surface area contributed by atoms with Crippen LogP contribution in [0.5, 0.6) is 11.5 Å². The molecule has 1 spiro atoms. The number of aliphatic hydroxyl groups is 1. The van der Waals surface area contributed by atoms with E-state index in [2.05, 4.69) is 11.5 Å². The first-order valence-electron chi connectivity index (χ1n) is 13.2. The molecule has 1 saturated carbocycles. The monoisotopic (exact) mass is 496 g/mol. The van der Waals surface area contributed by atoms with Crippen molar-refractivity contribution < 1.29 is 19.7 Å². The highest BCUT2D eigenvalue weighted by molar-refractivity contribution is 5.98. The van der Waals surface area contributed by atoms with Crippen LogP contribution in [0.15, 0.2) is 67.3 Å². The highest BCUT2D eigenvalue weighted by Gasteiger charge is 2.73. The van der Waals surface area contributed by atoms with Crippen molar-refractivity contribution >= 4 is 16.7 Å². The Kier molecular flexibility index (Phi) is 4.83. The number of likely N-dealkylation sites (N-methyl/N-ethyl adjacent to an activating group) is 1. The van der Waals surface area contributed by atoms with E-state index < -0.39 is 17.1 Å². The van der Waals surface area contributed by atoms with E-state index in [1.807, 2.05) is 66.6 Å². The number of nitrogens with zero attached hydrogens (tertiary/aromatic N) is 2. The maximum absolute atomic E-state index is 13.8. The summed E-state index contributed by atoms with van der Waals surface area (Å²) >= 11 is 0. The summed E-state index contributed by atoms with van der Waals surface area (Å²) < 4.78 is 6.62.